The highest BCUT2D eigenvalue weighted by Crippen LogP contribution is 2.36. The molecule has 1 unspecified atom stereocenters. The van der Waals surface area contributed by atoms with Crippen molar-refractivity contribution in [2.45, 2.75) is 25.7 Å². The molecule has 59 heavy (non-hydrogen) atoms. The Balaban J connectivity index is 0.740. The highest BCUT2D eigenvalue weighted by Gasteiger charge is 2.29. The molecule has 6 heterocycles. The number of nitrogens with zero attached hydrogens (tertiary/aromatic N) is 7. The van der Waals surface area contributed by atoms with Gasteiger partial charge in [0.15, 0.2) is 0 Å². The van der Waals surface area contributed by atoms with E-state index in [4.69, 9.17) is 9.72 Å². The molecule has 4 aliphatic heterocycles. The summed E-state index contributed by atoms with van der Waals surface area (Å²) in [6.45, 7) is 8.82. The number of rotatable bonds is 8. The summed E-state index contributed by atoms with van der Waals surface area (Å²) >= 11 is 0. The Labute approximate surface area is 341 Å². The van der Waals surface area contributed by atoms with Crippen LogP contribution in [-0.2, 0) is 14.4 Å². The van der Waals surface area contributed by atoms with Gasteiger partial charge in [-0.25, -0.2) is 15.0 Å². The largest absolute Gasteiger partial charge is 0.474 e. The number of carbonyl (C=O) groups is 4. The van der Waals surface area contributed by atoms with Crippen molar-refractivity contribution in [2.75, 3.05) is 87.6 Å². The first kappa shape index (κ1) is 37.9. The van der Waals surface area contributed by atoms with E-state index >= 15 is 0 Å². The molecular formula is C44H46N10O5. The van der Waals surface area contributed by atoms with Gasteiger partial charge in [0.05, 0.1) is 18.0 Å². The number of imide groups is 1. The van der Waals surface area contributed by atoms with Crippen molar-refractivity contribution in [1.29, 1.82) is 0 Å². The molecule has 0 bridgehead atoms. The monoisotopic (exact) mass is 794 g/mol. The topological polar surface area (TPSA) is 165 Å². The number of piperidine rings is 1. The fourth-order valence-corrected chi connectivity index (χ4v) is 8.31. The molecule has 15 heteroatoms. The van der Waals surface area contributed by atoms with Gasteiger partial charge in [-0.2, -0.15) is 0 Å². The van der Waals surface area contributed by atoms with Crippen LogP contribution in [-0.4, -0.2) is 125 Å². The molecule has 3 fully saturated rings. The zero-order chi connectivity index (χ0) is 40.5. The molecule has 0 radical (unpaired) electrons. The van der Waals surface area contributed by atoms with Crippen molar-refractivity contribution in [1.82, 2.24) is 35.0 Å². The van der Waals surface area contributed by atoms with Crippen LogP contribution < -0.4 is 25.6 Å². The van der Waals surface area contributed by atoms with Crippen molar-refractivity contribution >= 4 is 57.5 Å². The fourth-order valence-electron chi connectivity index (χ4n) is 8.31. The molecule has 3 aromatic carbocycles. The third-order valence-electron chi connectivity index (χ3n) is 11.8. The fraction of sp³-hybridized carbons (Fsp3) is 0.341. The summed E-state index contributed by atoms with van der Waals surface area (Å²) in [5.41, 5.74) is 8.14. The number of hydrogen-bond acceptors (Lipinski definition) is 12. The number of anilines is 4. The summed E-state index contributed by atoms with van der Waals surface area (Å²) in [7, 11) is 0. The molecule has 3 saturated heterocycles. The highest BCUT2D eigenvalue weighted by molar-refractivity contribution is 6.01. The number of carbonyl (C=O) groups excluding carboxylic acids is 4. The van der Waals surface area contributed by atoms with Crippen LogP contribution >= 0.6 is 0 Å². The van der Waals surface area contributed by atoms with Crippen LogP contribution in [0.1, 0.15) is 40.2 Å². The van der Waals surface area contributed by atoms with E-state index in [9.17, 15) is 19.2 Å². The molecule has 0 saturated carbocycles. The molecule has 9 rings (SSSR count). The van der Waals surface area contributed by atoms with E-state index in [2.05, 4.69) is 42.6 Å². The van der Waals surface area contributed by atoms with Crippen LogP contribution in [0.5, 0.6) is 5.88 Å². The molecule has 0 spiro atoms. The van der Waals surface area contributed by atoms with Gasteiger partial charge in [-0.1, -0.05) is 24.3 Å². The first-order valence-electron chi connectivity index (χ1n) is 20.2. The Bertz CT molecular complexity index is 2410. The van der Waals surface area contributed by atoms with Gasteiger partial charge in [0.25, 0.3) is 5.91 Å². The molecule has 3 N–H and O–H groups in total. The molecule has 302 valence electrons. The molecule has 2 aromatic heterocycles. The van der Waals surface area contributed by atoms with Crippen LogP contribution in [0.4, 0.5) is 23.0 Å². The van der Waals surface area contributed by atoms with Gasteiger partial charge in [-0.05, 0) is 72.5 Å². The van der Waals surface area contributed by atoms with Crippen molar-refractivity contribution in [2.24, 2.45) is 0 Å². The summed E-state index contributed by atoms with van der Waals surface area (Å²) < 4.78 is 5.70. The minimum atomic E-state index is -0.294. The number of ether oxygens (including phenoxy) is 1. The molecule has 4 amide bonds. The van der Waals surface area contributed by atoms with E-state index in [0.29, 0.717) is 69.6 Å². The second-order valence-electron chi connectivity index (χ2n) is 15.5. The number of hydrogen-bond donors (Lipinski definition) is 3. The van der Waals surface area contributed by atoms with Crippen LogP contribution in [0.3, 0.4) is 0 Å². The van der Waals surface area contributed by atoms with E-state index in [1.165, 1.54) is 0 Å². The third-order valence-corrected chi connectivity index (χ3v) is 11.8. The summed E-state index contributed by atoms with van der Waals surface area (Å²) in [6.07, 6.45) is 4.53. The quantitative estimate of drug-likeness (QED) is 0.192. The number of nitrogens with one attached hydrogen (secondary N) is 3. The third kappa shape index (κ3) is 8.10. The highest BCUT2D eigenvalue weighted by atomic mass is 16.5. The van der Waals surface area contributed by atoms with Gasteiger partial charge in [0, 0.05) is 106 Å². The predicted octanol–water partition coefficient (Wildman–Crippen LogP) is 4.17. The van der Waals surface area contributed by atoms with Crippen LogP contribution in [0.2, 0.25) is 0 Å². The van der Waals surface area contributed by atoms with E-state index < -0.39 is 0 Å². The van der Waals surface area contributed by atoms with E-state index in [1.54, 1.807) is 18.3 Å². The Morgan fingerprint density at radius 1 is 0.864 bits per heavy atom. The maximum absolute atomic E-state index is 13.5. The molecule has 5 aromatic rings. The van der Waals surface area contributed by atoms with Crippen molar-refractivity contribution in [3.8, 4) is 17.0 Å². The minimum absolute atomic E-state index is 0.0619. The second-order valence-corrected chi connectivity index (χ2v) is 15.5. The number of benzene rings is 3. The van der Waals surface area contributed by atoms with E-state index in [1.807, 2.05) is 70.6 Å². The average Bonchev–Trinajstić information content (AvgIpc) is 3.27. The van der Waals surface area contributed by atoms with Gasteiger partial charge in [-0.3, -0.25) is 29.4 Å². The van der Waals surface area contributed by atoms with E-state index in [0.717, 1.165) is 82.9 Å². The summed E-state index contributed by atoms with van der Waals surface area (Å²) in [6, 6.07) is 21.4. The maximum Gasteiger partial charge on any atom is 0.253 e. The first-order valence-corrected chi connectivity index (χ1v) is 20.2. The standard InChI is InChI=1S/C44H46N10O5/c1-28-36(26-46-42-40(28)45-14-23-59-42)31-2-3-32-25-47-44(49-37(32)24-31)48-33-8-4-30(5-9-33)43(58)54-21-19-53(20-22-54)39(56)27-51-15-17-52(18-16-51)34-10-6-29(7-11-34)35-12-13-38(55)50-41(35)57/h2-11,24-26,35,45H,12-23,27H2,1H3,(H,47,48,49)(H,50,55,57). The van der Waals surface area contributed by atoms with Crippen LogP contribution in [0.15, 0.2) is 79.1 Å². The van der Waals surface area contributed by atoms with Gasteiger partial charge in [0.2, 0.25) is 29.5 Å². The first-order chi connectivity index (χ1) is 28.8. The van der Waals surface area contributed by atoms with Crippen molar-refractivity contribution < 1.29 is 23.9 Å². The summed E-state index contributed by atoms with van der Waals surface area (Å²) in [5, 5.41) is 10.0. The molecule has 4 aliphatic rings. The Morgan fingerprint density at radius 2 is 1.63 bits per heavy atom. The van der Waals surface area contributed by atoms with Crippen molar-refractivity contribution in [3.63, 3.8) is 0 Å². The minimum Gasteiger partial charge on any atom is -0.474 e. The lowest BCUT2D eigenvalue weighted by Gasteiger charge is -2.38. The SMILES string of the molecule is Cc1c(-c2ccc3cnc(Nc4ccc(C(=O)N5CCN(C(=O)CN6CCN(c7ccc(C8CCC(=O)NC8=O)cc7)CC6)CC5)cc4)nc3c2)cnc2c1NCCO2. The average molecular weight is 795 g/mol. The van der Waals surface area contributed by atoms with Crippen LogP contribution in [0.25, 0.3) is 22.0 Å². The van der Waals surface area contributed by atoms with Crippen molar-refractivity contribution in [3.05, 3.63) is 95.8 Å². The Kier molecular flexibility index (Phi) is 10.5. The lowest BCUT2D eigenvalue weighted by atomic mass is 9.90. The zero-order valence-corrected chi connectivity index (χ0v) is 32.9. The number of fused-ring (bicyclic) bond motifs is 2. The number of piperazine rings is 2. The van der Waals surface area contributed by atoms with Gasteiger partial charge in [0.1, 0.15) is 12.3 Å². The maximum atomic E-state index is 13.5. The van der Waals surface area contributed by atoms with Gasteiger partial charge >= 0.3 is 0 Å². The smallest absolute Gasteiger partial charge is 0.253 e. The Morgan fingerprint density at radius 3 is 2.39 bits per heavy atom. The summed E-state index contributed by atoms with van der Waals surface area (Å²) in [5.74, 6) is 0.367. The molecular weight excluding hydrogens is 749 g/mol. The number of pyridine rings is 1. The lowest BCUT2D eigenvalue weighted by molar-refractivity contribution is -0.135. The zero-order valence-electron chi connectivity index (χ0n) is 32.9. The summed E-state index contributed by atoms with van der Waals surface area (Å²) in [4.78, 5) is 72.5. The molecule has 0 aliphatic carbocycles. The van der Waals surface area contributed by atoms with Gasteiger partial charge < -0.3 is 30.1 Å². The van der Waals surface area contributed by atoms with Crippen LogP contribution in [0, 0.1) is 6.92 Å². The molecule has 1 atom stereocenters. The lowest BCUT2D eigenvalue weighted by Crippen LogP contribution is -2.54. The normalized spacial score (nSPS) is 18.5. The predicted molar refractivity (Wildman–Crippen MR) is 224 cm³/mol. The van der Waals surface area contributed by atoms with Gasteiger partial charge in [-0.15, -0.1) is 0 Å². The van der Waals surface area contributed by atoms with E-state index in [-0.39, 0.29) is 29.5 Å². The number of aromatic nitrogens is 3. The Hall–Kier alpha value is -6.61. The second kappa shape index (κ2) is 16.3. The number of amides is 4. The molecule has 15 nitrogen and oxygen atoms in total.